The zero-order valence-electron chi connectivity index (χ0n) is 38.2. The molecule has 2 nitrogen and oxygen atoms in total. The van der Waals surface area contributed by atoms with E-state index in [1.165, 1.54) is 0 Å². The summed E-state index contributed by atoms with van der Waals surface area (Å²) >= 11 is 0. The zero-order chi connectivity index (χ0) is 57.7. The van der Waals surface area contributed by atoms with Crippen LogP contribution < -0.4 is 9.80 Å². The number of alkyl halides is 7. The van der Waals surface area contributed by atoms with Crippen LogP contribution in [0.15, 0.2) is 102 Å². The molecule has 1 aliphatic carbocycles. The summed E-state index contributed by atoms with van der Waals surface area (Å²) < 4.78 is 354. The Hall–Kier alpha value is -8.06. The first-order chi connectivity index (χ1) is 36.3. The minimum absolute atomic E-state index is 0.00101. The first-order valence-electron chi connectivity index (χ1n) is 21.5. The second-order valence-corrected chi connectivity index (χ2v) is 16.9. The van der Waals surface area contributed by atoms with Gasteiger partial charge in [0.25, 0.3) is 0 Å². The summed E-state index contributed by atoms with van der Waals surface area (Å²) in [6.07, 6.45) is -13.7. The standard InChI is InChI=1S/C52H22F24N2/c1-17-15-19(3-13-25(17)77(23-9-5-21(6-10-23)51(71,72)73)49-45(67)35(57)29(36(58)46(49)68)27-31(53)39(61)43(65)40(62)32(27)54)20-4-14-26(18(2)16-20)78(24-11-7-22(8-12-24)52(74,75)76)50-47(69)37(59)30(38(60)48(50)70)28-33(55)41(63)44(66)42(64)34(28)56/h3-16,45,49H,1-2H3. The van der Waals surface area contributed by atoms with E-state index in [4.69, 9.17) is 0 Å². The van der Waals surface area contributed by atoms with Gasteiger partial charge in [-0.05, 0) is 109 Å². The average molecular weight is 1130 g/mol. The predicted molar refractivity (Wildman–Crippen MR) is 232 cm³/mol. The molecule has 0 aliphatic heterocycles. The van der Waals surface area contributed by atoms with Gasteiger partial charge in [-0.25, -0.2) is 79.0 Å². The van der Waals surface area contributed by atoms with Gasteiger partial charge in [-0.2, -0.15) is 26.3 Å². The van der Waals surface area contributed by atoms with Crippen LogP contribution in [0.2, 0.25) is 0 Å². The van der Waals surface area contributed by atoms with Crippen LogP contribution in [0, 0.1) is 95.3 Å². The number of anilines is 5. The van der Waals surface area contributed by atoms with Crippen LogP contribution in [-0.2, 0) is 12.4 Å². The summed E-state index contributed by atoms with van der Waals surface area (Å²) in [5.74, 6) is -46.9. The van der Waals surface area contributed by atoms with Crippen molar-refractivity contribution in [3.63, 3.8) is 0 Å². The smallest absolute Gasteiger partial charge is 0.328 e. The van der Waals surface area contributed by atoms with Crippen molar-refractivity contribution in [3.05, 3.63) is 212 Å². The van der Waals surface area contributed by atoms with Crippen molar-refractivity contribution in [2.45, 2.75) is 38.4 Å². The number of aryl methyl sites for hydroxylation is 2. The highest BCUT2D eigenvalue weighted by Gasteiger charge is 2.47. The monoisotopic (exact) mass is 1130 g/mol. The van der Waals surface area contributed by atoms with Gasteiger partial charge in [-0.3, -0.25) is 0 Å². The minimum atomic E-state index is -5.05. The lowest BCUT2D eigenvalue weighted by Crippen LogP contribution is -2.43. The Labute approximate surface area is 421 Å². The molecule has 2 atom stereocenters. The SMILES string of the molecule is Cc1cc(-c2ccc(N(c3ccc(C(F)(F)F)cc3)C3C(F)=C(F)C(c4c(F)c(F)c(F)c(F)c4F)=C(F)C3F)c(C)c2)ccc1N(c1ccc(C(F)(F)F)cc1)c1c(F)c(F)c(-c2c(F)c(F)c(F)c(F)c2F)c(F)c1F. The van der Waals surface area contributed by atoms with E-state index in [2.05, 4.69) is 0 Å². The zero-order valence-corrected chi connectivity index (χ0v) is 38.2. The van der Waals surface area contributed by atoms with E-state index >= 15 is 35.1 Å². The Bertz CT molecular complexity index is 3590. The predicted octanol–water partition coefficient (Wildman–Crippen LogP) is 18.5. The number of rotatable bonds is 9. The molecule has 0 N–H and O–H groups in total. The van der Waals surface area contributed by atoms with Gasteiger partial charge in [-0.15, -0.1) is 0 Å². The van der Waals surface area contributed by atoms with E-state index in [-0.39, 0.29) is 27.2 Å². The van der Waals surface area contributed by atoms with Gasteiger partial charge in [0.2, 0.25) is 11.6 Å². The van der Waals surface area contributed by atoms with Crippen molar-refractivity contribution in [3.8, 4) is 22.3 Å². The van der Waals surface area contributed by atoms with Crippen molar-refractivity contribution >= 4 is 34.0 Å². The third kappa shape index (κ3) is 9.20. The molecule has 0 saturated carbocycles. The van der Waals surface area contributed by atoms with Gasteiger partial charge in [0.15, 0.2) is 87.6 Å². The fourth-order valence-corrected chi connectivity index (χ4v) is 8.56. The Morgan fingerprint density at radius 2 is 0.718 bits per heavy atom. The lowest BCUT2D eigenvalue weighted by molar-refractivity contribution is -0.138. The molecule has 7 aromatic rings. The fourth-order valence-electron chi connectivity index (χ4n) is 8.56. The molecule has 1 aliphatic rings. The molecular weight excluding hydrogens is 1110 g/mol. The maximum Gasteiger partial charge on any atom is 0.416 e. The Morgan fingerprint density at radius 1 is 0.372 bits per heavy atom. The van der Waals surface area contributed by atoms with Crippen molar-refractivity contribution in [1.82, 2.24) is 0 Å². The summed E-state index contributed by atoms with van der Waals surface area (Å²) in [7, 11) is 0. The highest BCUT2D eigenvalue weighted by Crippen LogP contribution is 2.50. The van der Waals surface area contributed by atoms with Gasteiger partial charge >= 0.3 is 12.4 Å². The Kier molecular flexibility index (Phi) is 14.4. The average Bonchev–Trinajstić information content (AvgIpc) is 3.41. The van der Waals surface area contributed by atoms with Gasteiger partial charge < -0.3 is 9.80 Å². The molecule has 408 valence electrons. The maximum atomic E-state index is 16.4. The molecule has 0 amide bonds. The van der Waals surface area contributed by atoms with E-state index in [1.54, 1.807) is 0 Å². The molecule has 78 heavy (non-hydrogen) atoms. The maximum absolute atomic E-state index is 16.4. The number of nitrogens with zero attached hydrogens (tertiary/aromatic N) is 2. The van der Waals surface area contributed by atoms with Crippen LogP contribution in [0.3, 0.4) is 0 Å². The van der Waals surface area contributed by atoms with E-state index in [0.717, 1.165) is 50.2 Å². The molecule has 0 aromatic heterocycles. The fraction of sp³-hybridized carbons (Fsp3) is 0.115. The molecule has 26 heteroatoms. The van der Waals surface area contributed by atoms with Crippen LogP contribution in [0.1, 0.15) is 27.8 Å². The highest BCUT2D eigenvalue weighted by atomic mass is 19.4. The van der Waals surface area contributed by atoms with Crippen molar-refractivity contribution in [2.75, 3.05) is 9.80 Å². The lowest BCUT2D eigenvalue weighted by Gasteiger charge is -2.38. The third-order valence-corrected chi connectivity index (χ3v) is 12.3. The molecule has 0 spiro atoms. The second-order valence-electron chi connectivity index (χ2n) is 16.9. The molecule has 0 radical (unpaired) electrons. The number of hydrogen-bond acceptors (Lipinski definition) is 2. The van der Waals surface area contributed by atoms with E-state index in [1.807, 2.05) is 0 Å². The van der Waals surface area contributed by atoms with Crippen LogP contribution >= 0.6 is 0 Å². The van der Waals surface area contributed by atoms with Crippen molar-refractivity contribution in [1.29, 1.82) is 0 Å². The first kappa shape index (κ1) is 56.2. The topological polar surface area (TPSA) is 6.48 Å². The second kappa shape index (κ2) is 20.1. The molecule has 7 aromatic carbocycles. The minimum Gasteiger partial charge on any atom is -0.328 e. The first-order valence-corrected chi connectivity index (χ1v) is 21.5. The van der Waals surface area contributed by atoms with Crippen molar-refractivity contribution in [2.24, 2.45) is 0 Å². The summed E-state index contributed by atoms with van der Waals surface area (Å²) in [6, 6.07) is 6.94. The van der Waals surface area contributed by atoms with Gasteiger partial charge in [0, 0.05) is 22.7 Å². The van der Waals surface area contributed by atoms with E-state index in [0.29, 0.717) is 53.4 Å². The van der Waals surface area contributed by atoms with Crippen LogP contribution in [0.25, 0.3) is 27.8 Å². The van der Waals surface area contributed by atoms with Gasteiger partial charge in [-0.1, -0.05) is 12.1 Å². The lowest BCUT2D eigenvalue weighted by atomic mass is 9.90. The van der Waals surface area contributed by atoms with Crippen LogP contribution in [0.5, 0.6) is 0 Å². The van der Waals surface area contributed by atoms with Gasteiger partial charge in [0.1, 0.15) is 17.6 Å². The quantitative estimate of drug-likeness (QED) is 0.0807. The summed E-state index contributed by atoms with van der Waals surface area (Å²) in [5.41, 5.74) is -17.1. The van der Waals surface area contributed by atoms with Crippen LogP contribution in [-0.4, -0.2) is 12.2 Å². The Morgan fingerprint density at radius 3 is 1.10 bits per heavy atom. The normalized spacial score (nSPS) is 15.2. The molecule has 0 heterocycles. The third-order valence-electron chi connectivity index (χ3n) is 12.3. The molecule has 0 saturated heterocycles. The number of hydrogen-bond donors (Lipinski definition) is 0. The van der Waals surface area contributed by atoms with E-state index < -0.39 is 185 Å². The summed E-state index contributed by atoms with van der Waals surface area (Å²) in [5, 5.41) is 0. The molecule has 0 bridgehead atoms. The molecule has 2 unspecified atom stereocenters. The number of halogens is 24. The highest BCUT2D eigenvalue weighted by molar-refractivity contribution is 5.86. The molecular formula is C52H22F24N2. The van der Waals surface area contributed by atoms with E-state index in [9.17, 15) is 70.2 Å². The Balaban J connectivity index is 1.26. The largest absolute Gasteiger partial charge is 0.416 e. The van der Waals surface area contributed by atoms with Gasteiger partial charge in [0.05, 0.1) is 33.4 Å². The molecule has 8 rings (SSSR count). The van der Waals surface area contributed by atoms with Crippen LogP contribution in [0.4, 0.5) is 134 Å². The molecule has 0 fully saturated rings. The number of benzene rings is 7. The summed E-state index contributed by atoms with van der Waals surface area (Å²) in [4.78, 5) is 0.640. The number of allylic oxidation sites excluding steroid dienone is 2. The van der Waals surface area contributed by atoms with Crippen molar-refractivity contribution < 1.29 is 105 Å². The summed E-state index contributed by atoms with van der Waals surface area (Å²) in [6.45, 7) is 2.28.